The number of nitrogens with one attached hydrogen (secondary N) is 1. The van der Waals surface area contributed by atoms with E-state index >= 15 is 0 Å². The summed E-state index contributed by atoms with van der Waals surface area (Å²) in [5.74, 6) is 0. The van der Waals surface area contributed by atoms with Crippen LogP contribution in [-0.2, 0) is 0 Å². The molecule has 0 saturated carbocycles. The van der Waals surface area contributed by atoms with Crippen molar-refractivity contribution in [2.45, 2.75) is 38.5 Å². The van der Waals surface area contributed by atoms with Gasteiger partial charge in [-0.3, -0.25) is 0 Å². The highest BCUT2D eigenvalue weighted by molar-refractivity contribution is 5.80. The lowest BCUT2D eigenvalue weighted by atomic mass is 9.93. The van der Waals surface area contributed by atoms with Crippen molar-refractivity contribution in [2.24, 2.45) is 5.10 Å². The maximum absolute atomic E-state index is 4.10. The van der Waals surface area contributed by atoms with Gasteiger partial charge in [0.25, 0.3) is 0 Å². The van der Waals surface area contributed by atoms with E-state index in [0.29, 0.717) is 0 Å². The van der Waals surface area contributed by atoms with Crippen molar-refractivity contribution >= 4 is 6.21 Å². The van der Waals surface area contributed by atoms with Gasteiger partial charge >= 0.3 is 0 Å². The Bertz CT molecular complexity index is 216. The highest BCUT2D eigenvalue weighted by Crippen LogP contribution is 2.22. The third-order valence-electron chi connectivity index (χ3n) is 2.73. The molecular formula is C10H16N2. The largest absolute Gasteiger partial charge is 0.306 e. The summed E-state index contributed by atoms with van der Waals surface area (Å²) in [5.41, 5.74) is 6.15. The summed E-state index contributed by atoms with van der Waals surface area (Å²) in [6, 6.07) is 0. The van der Waals surface area contributed by atoms with Crippen LogP contribution in [0.4, 0.5) is 0 Å². The van der Waals surface area contributed by atoms with Gasteiger partial charge in [-0.1, -0.05) is 12.8 Å². The fourth-order valence-electron chi connectivity index (χ4n) is 1.97. The molecule has 2 nitrogen and oxygen atoms in total. The van der Waals surface area contributed by atoms with Crippen LogP contribution in [0.3, 0.4) is 0 Å². The predicted octanol–water partition coefficient (Wildman–Crippen LogP) is 2.23. The highest BCUT2D eigenvalue weighted by atomic mass is 15.3. The second kappa shape index (κ2) is 3.74. The molecule has 1 aliphatic carbocycles. The molecule has 2 aliphatic rings. The molecule has 0 aromatic rings. The van der Waals surface area contributed by atoms with Crippen LogP contribution in [0.15, 0.2) is 16.2 Å². The summed E-state index contributed by atoms with van der Waals surface area (Å²) < 4.78 is 0. The van der Waals surface area contributed by atoms with E-state index in [-0.39, 0.29) is 0 Å². The lowest BCUT2D eigenvalue weighted by Gasteiger charge is -2.18. The highest BCUT2D eigenvalue weighted by Gasteiger charge is 2.10. The van der Waals surface area contributed by atoms with Crippen molar-refractivity contribution in [2.75, 3.05) is 6.54 Å². The normalized spacial score (nSPS) is 24.0. The molecular weight excluding hydrogens is 148 g/mol. The molecule has 0 fully saturated rings. The monoisotopic (exact) mass is 164 g/mol. The van der Waals surface area contributed by atoms with Gasteiger partial charge in [-0.2, -0.15) is 5.10 Å². The number of allylic oxidation sites excluding steroid dienone is 1. The van der Waals surface area contributed by atoms with E-state index in [1.54, 1.807) is 5.57 Å². The molecule has 0 atom stereocenters. The minimum atomic E-state index is 0.992. The average Bonchev–Trinajstić information content (AvgIpc) is 2.06. The predicted molar refractivity (Wildman–Crippen MR) is 51.2 cm³/mol. The minimum absolute atomic E-state index is 0.992. The zero-order valence-corrected chi connectivity index (χ0v) is 7.47. The Balaban J connectivity index is 2.12. The standard InChI is InChI=1S/C10H16N2/c1-2-4-6-10-8-12-11-7-9(10)5-3-1/h7,12H,1-6,8H2. The second-order valence-corrected chi connectivity index (χ2v) is 3.64. The molecule has 12 heavy (non-hydrogen) atoms. The first kappa shape index (κ1) is 7.84. The van der Waals surface area contributed by atoms with E-state index in [0.717, 1.165) is 6.54 Å². The van der Waals surface area contributed by atoms with E-state index in [1.807, 2.05) is 6.21 Å². The summed E-state index contributed by atoms with van der Waals surface area (Å²) in [7, 11) is 0. The molecule has 1 N–H and O–H groups in total. The molecule has 0 saturated heterocycles. The number of hydrogen-bond acceptors (Lipinski definition) is 2. The van der Waals surface area contributed by atoms with Gasteiger partial charge in [0.15, 0.2) is 0 Å². The number of hydrazone groups is 1. The zero-order chi connectivity index (χ0) is 8.23. The van der Waals surface area contributed by atoms with Crippen molar-refractivity contribution in [1.29, 1.82) is 0 Å². The van der Waals surface area contributed by atoms with Crippen LogP contribution in [0.5, 0.6) is 0 Å². The molecule has 0 bridgehead atoms. The Morgan fingerprint density at radius 3 is 2.83 bits per heavy atom. The molecule has 2 heteroatoms. The Labute approximate surface area is 73.7 Å². The first-order valence-corrected chi connectivity index (χ1v) is 4.93. The van der Waals surface area contributed by atoms with E-state index in [2.05, 4.69) is 10.5 Å². The Hall–Kier alpha value is -0.790. The molecule has 0 radical (unpaired) electrons. The fraction of sp³-hybridized carbons (Fsp3) is 0.700. The third-order valence-corrected chi connectivity index (χ3v) is 2.73. The van der Waals surface area contributed by atoms with Crippen molar-refractivity contribution in [3.05, 3.63) is 11.1 Å². The van der Waals surface area contributed by atoms with Crippen LogP contribution >= 0.6 is 0 Å². The second-order valence-electron chi connectivity index (χ2n) is 3.64. The first-order valence-electron chi connectivity index (χ1n) is 4.93. The summed E-state index contributed by atoms with van der Waals surface area (Å²) in [6.07, 6.45) is 10.1. The van der Waals surface area contributed by atoms with Crippen LogP contribution in [0.25, 0.3) is 0 Å². The molecule has 2 rings (SSSR count). The Morgan fingerprint density at radius 1 is 1.08 bits per heavy atom. The van der Waals surface area contributed by atoms with Gasteiger partial charge in [0.1, 0.15) is 0 Å². The van der Waals surface area contributed by atoms with Crippen LogP contribution in [0.1, 0.15) is 38.5 Å². The summed E-state index contributed by atoms with van der Waals surface area (Å²) in [4.78, 5) is 0. The van der Waals surface area contributed by atoms with Crippen LogP contribution in [0.2, 0.25) is 0 Å². The number of rotatable bonds is 0. The number of nitrogens with zero attached hydrogens (tertiary/aromatic N) is 1. The van der Waals surface area contributed by atoms with Gasteiger partial charge in [-0.25, -0.2) is 0 Å². The van der Waals surface area contributed by atoms with Gasteiger partial charge in [0.2, 0.25) is 0 Å². The molecule has 0 aromatic carbocycles. The van der Waals surface area contributed by atoms with Crippen LogP contribution in [0, 0.1) is 0 Å². The first-order chi connectivity index (χ1) is 5.97. The fourth-order valence-corrected chi connectivity index (χ4v) is 1.97. The molecule has 0 spiro atoms. The van der Waals surface area contributed by atoms with Crippen LogP contribution < -0.4 is 5.43 Å². The maximum atomic E-state index is 4.10. The van der Waals surface area contributed by atoms with E-state index in [4.69, 9.17) is 0 Å². The lowest BCUT2D eigenvalue weighted by Crippen LogP contribution is -2.18. The SMILES string of the molecule is C1=NNCC2=C1CCCCCC2. The quantitative estimate of drug-likeness (QED) is 0.583. The molecule has 66 valence electrons. The van der Waals surface area contributed by atoms with E-state index in [9.17, 15) is 0 Å². The van der Waals surface area contributed by atoms with Crippen molar-refractivity contribution in [1.82, 2.24) is 5.43 Å². The summed E-state index contributed by atoms with van der Waals surface area (Å²) >= 11 is 0. The van der Waals surface area contributed by atoms with Gasteiger partial charge in [0.05, 0.1) is 6.54 Å². The molecule has 1 aliphatic heterocycles. The van der Waals surface area contributed by atoms with Gasteiger partial charge in [-0.15, -0.1) is 0 Å². The lowest BCUT2D eigenvalue weighted by molar-refractivity contribution is 0.599. The van der Waals surface area contributed by atoms with Gasteiger partial charge in [-0.05, 0) is 36.8 Å². The average molecular weight is 164 g/mol. The zero-order valence-electron chi connectivity index (χ0n) is 7.47. The van der Waals surface area contributed by atoms with Gasteiger partial charge in [0, 0.05) is 6.21 Å². The smallest absolute Gasteiger partial charge is 0.0546 e. The van der Waals surface area contributed by atoms with E-state index < -0.39 is 0 Å². The van der Waals surface area contributed by atoms with Crippen molar-refractivity contribution in [3.8, 4) is 0 Å². The minimum Gasteiger partial charge on any atom is -0.306 e. The van der Waals surface area contributed by atoms with Crippen molar-refractivity contribution in [3.63, 3.8) is 0 Å². The third kappa shape index (κ3) is 1.68. The molecule has 0 unspecified atom stereocenters. The van der Waals surface area contributed by atoms with Crippen LogP contribution in [-0.4, -0.2) is 12.8 Å². The summed E-state index contributed by atoms with van der Waals surface area (Å²) in [5, 5.41) is 4.10. The molecule has 1 heterocycles. The maximum Gasteiger partial charge on any atom is 0.0546 e. The topological polar surface area (TPSA) is 24.4 Å². The Morgan fingerprint density at radius 2 is 1.92 bits per heavy atom. The van der Waals surface area contributed by atoms with Gasteiger partial charge < -0.3 is 5.43 Å². The Kier molecular flexibility index (Phi) is 2.45. The number of hydrogen-bond donors (Lipinski definition) is 1. The molecule has 0 amide bonds. The summed E-state index contributed by atoms with van der Waals surface area (Å²) in [6.45, 7) is 0.992. The van der Waals surface area contributed by atoms with Crippen molar-refractivity contribution < 1.29 is 0 Å². The van der Waals surface area contributed by atoms with E-state index in [1.165, 1.54) is 44.1 Å². The molecule has 0 aromatic heterocycles.